The molecule has 6 heteroatoms. The molecule has 0 saturated heterocycles. The van der Waals surface area contributed by atoms with E-state index < -0.39 is 6.10 Å². The van der Waals surface area contributed by atoms with Crippen molar-refractivity contribution in [2.24, 2.45) is 0 Å². The Labute approximate surface area is 342 Å². The molecule has 55 heavy (non-hydrogen) atoms. The molecule has 0 aromatic heterocycles. The van der Waals surface area contributed by atoms with Gasteiger partial charge in [-0.25, -0.2) is 0 Å². The Morgan fingerprint density at radius 1 is 0.291 bits per heavy atom. The Hall–Kier alpha value is -1.59. The molecule has 326 valence electrons. The summed E-state index contributed by atoms with van der Waals surface area (Å²) < 4.78 is 16.7. The molecule has 0 bridgehead atoms. The van der Waals surface area contributed by atoms with E-state index in [1.54, 1.807) is 0 Å². The fourth-order valence-corrected chi connectivity index (χ4v) is 7.38. The first kappa shape index (κ1) is 53.4. The normalized spacial score (nSPS) is 11.8. The zero-order valence-electron chi connectivity index (χ0n) is 37.2. The van der Waals surface area contributed by atoms with Gasteiger partial charge in [-0.3, -0.25) is 14.4 Å². The lowest BCUT2D eigenvalue weighted by Gasteiger charge is -2.18. The van der Waals surface area contributed by atoms with Gasteiger partial charge in [0.1, 0.15) is 13.2 Å². The average molecular weight is 779 g/mol. The Morgan fingerprint density at radius 2 is 0.491 bits per heavy atom. The summed E-state index contributed by atoms with van der Waals surface area (Å²) in [5, 5.41) is 0. The van der Waals surface area contributed by atoms with E-state index >= 15 is 0 Å². The smallest absolute Gasteiger partial charge is 0.306 e. The van der Waals surface area contributed by atoms with E-state index in [4.69, 9.17) is 14.2 Å². The van der Waals surface area contributed by atoms with Gasteiger partial charge in [0.15, 0.2) is 6.10 Å². The SMILES string of the molecule is CCCCCCCCCCCCCCCCC(=O)OC[C@@H](COC(=O)CCCCCCCCCCCCCCC)OC(=O)CCCCCCCCCCCC. The predicted octanol–water partition coefficient (Wildman–Crippen LogP) is 15.6. The number of carbonyl (C=O) groups excluding carboxylic acids is 3. The molecule has 1 atom stereocenters. The minimum Gasteiger partial charge on any atom is -0.462 e. The van der Waals surface area contributed by atoms with Crippen molar-refractivity contribution in [3.8, 4) is 0 Å². The van der Waals surface area contributed by atoms with E-state index in [-0.39, 0.29) is 31.1 Å². The second-order valence-electron chi connectivity index (χ2n) is 16.7. The van der Waals surface area contributed by atoms with Gasteiger partial charge in [-0.2, -0.15) is 0 Å². The topological polar surface area (TPSA) is 78.9 Å². The molecule has 0 saturated carbocycles. The average Bonchev–Trinajstić information content (AvgIpc) is 3.18. The summed E-state index contributed by atoms with van der Waals surface area (Å²) in [5.41, 5.74) is 0. The van der Waals surface area contributed by atoms with Crippen molar-refractivity contribution in [3.05, 3.63) is 0 Å². The van der Waals surface area contributed by atoms with Gasteiger partial charge in [-0.05, 0) is 19.3 Å². The lowest BCUT2D eigenvalue weighted by Crippen LogP contribution is -2.30. The third-order valence-corrected chi connectivity index (χ3v) is 11.1. The Morgan fingerprint density at radius 3 is 0.727 bits per heavy atom. The van der Waals surface area contributed by atoms with Crippen LogP contribution < -0.4 is 0 Å². The van der Waals surface area contributed by atoms with Gasteiger partial charge in [0.2, 0.25) is 0 Å². The monoisotopic (exact) mass is 779 g/mol. The molecule has 0 unspecified atom stereocenters. The van der Waals surface area contributed by atoms with Crippen LogP contribution in [0.25, 0.3) is 0 Å². The maximum absolute atomic E-state index is 12.7. The fraction of sp³-hybridized carbons (Fsp3) is 0.939. The molecule has 0 fully saturated rings. The molecule has 0 aliphatic rings. The first-order valence-electron chi connectivity index (χ1n) is 24.5. The van der Waals surface area contributed by atoms with Crippen molar-refractivity contribution in [1.82, 2.24) is 0 Å². The second kappa shape index (κ2) is 45.1. The molecule has 0 aromatic rings. The van der Waals surface area contributed by atoms with Crippen LogP contribution >= 0.6 is 0 Å². The number of ether oxygens (including phenoxy) is 3. The van der Waals surface area contributed by atoms with Crippen LogP contribution in [0.5, 0.6) is 0 Å². The fourth-order valence-electron chi connectivity index (χ4n) is 7.38. The molecule has 0 radical (unpaired) electrons. The van der Waals surface area contributed by atoms with Crippen LogP contribution in [0.4, 0.5) is 0 Å². The number of carbonyl (C=O) groups is 3. The summed E-state index contributed by atoms with van der Waals surface area (Å²) in [6, 6.07) is 0. The number of rotatable bonds is 45. The lowest BCUT2D eigenvalue weighted by atomic mass is 10.0. The highest BCUT2D eigenvalue weighted by molar-refractivity contribution is 5.71. The van der Waals surface area contributed by atoms with Gasteiger partial charge in [-0.15, -0.1) is 0 Å². The van der Waals surface area contributed by atoms with Crippen LogP contribution in [0, 0.1) is 0 Å². The summed E-state index contributed by atoms with van der Waals surface area (Å²) in [4.78, 5) is 37.8. The van der Waals surface area contributed by atoms with Crippen molar-refractivity contribution in [2.75, 3.05) is 13.2 Å². The number of hydrogen-bond acceptors (Lipinski definition) is 6. The van der Waals surface area contributed by atoms with Crippen molar-refractivity contribution < 1.29 is 28.6 Å². The number of unbranched alkanes of at least 4 members (excludes halogenated alkanes) is 34. The van der Waals surface area contributed by atoms with E-state index in [0.29, 0.717) is 19.3 Å². The van der Waals surface area contributed by atoms with E-state index in [1.807, 2.05) is 0 Å². The molecule has 0 amide bonds. The van der Waals surface area contributed by atoms with Crippen LogP contribution in [0.3, 0.4) is 0 Å². The van der Waals surface area contributed by atoms with Gasteiger partial charge in [0.05, 0.1) is 0 Å². The van der Waals surface area contributed by atoms with Gasteiger partial charge in [0, 0.05) is 19.3 Å². The van der Waals surface area contributed by atoms with Gasteiger partial charge < -0.3 is 14.2 Å². The third-order valence-electron chi connectivity index (χ3n) is 11.1. The van der Waals surface area contributed by atoms with Gasteiger partial charge >= 0.3 is 17.9 Å². The summed E-state index contributed by atoms with van der Waals surface area (Å²) in [5.74, 6) is -0.847. The Bertz CT molecular complexity index is 813. The Balaban J connectivity index is 4.28. The van der Waals surface area contributed by atoms with Crippen LogP contribution in [0.15, 0.2) is 0 Å². The molecule has 6 nitrogen and oxygen atoms in total. The highest BCUT2D eigenvalue weighted by Gasteiger charge is 2.19. The molecule has 0 rings (SSSR count). The predicted molar refractivity (Wildman–Crippen MR) is 233 cm³/mol. The number of hydrogen-bond donors (Lipinski definition) is 0. The van der Waals surface area contributed by atoms with Crippen LogP contribution in [-0.4, -0.2) is 37.2 Å². The highest BCUT2D eigenvalue weighted by atomic mass is 16.6. The molecule has 0 aromatic carbocycles. The zero-order chi connectivity index (χ0) is 40.1. The van der Waals surface area contributed by atoms with Crippen molar-refractivity contribution in [1.29, 1.82) is 0 Å². The van der Waals surface area contributed by atoms with Crippen molar-refractivity contribution in [2.45, 2.75) is 284 Å². The summed E-state index contributed by atoms with van der Waals surface area (Å²) in [7, 11) is 0. The van der Waals surface area contributed by atoms with Crippen LogP contribution in [0.2, 0.25) is 0 Å². The van der Waals surface area contributed by atoms with Gasteiger partial charge in [-0.1, -0.05) is 239 Å². The molecular formula is C49H94O6. The zero-order valence-corrected chi connectivity index (χ0v) is 37.2. The van der Waals surface area contributed by atoms with Gasteiger partial charge in [0.25, 0.3) is 0 Å². The lowest BCUT2D eigenvalue weighted by molar-refractivity contribution is -0.167. The summed E-state index contributed by atoms with van der Waals surface area (Å²) >= 11 is 0. The summed E-state index contributed by atoms with van der Waals surface area (Å²) in [6.45, 7) is 6.66. The quantitative estimate of drug-likeness (QED) is 0.0348. The van der Waals surface area contributed by atoms with Crippen LogP contribution in [0.1, 0.15) is 278 Å². The first-order chi connectivity index (χ1) is 27.0. The molecule has 0 aliphatic carbocycles. The summed E-state index contributed by atoms with van der Waals surface area (Å²) in [6.07, 6.45) is 46.5. The van der Waals surface area contributed by atoms with E-state index in [9.17, 15) is 14.4 Å². The molecule has 0 N–H and O–H groups in total. The van der Waals surface area contributed by atoms with E-state index in [0.717, 1.165) is 57.8 Å². The molecule has 0 heterocycles. The molecule has 0 spiro atoms. The van der Waals surface area contributed by atoms with E-state index in [2.05, 4.69) is 20.8 Å². The highest BCUT2D eigenvalue weighted by Crippen LogP contribution is 2.16. The second-order valence-corrected chi connectivity index (χ2v) is 16.7. The van der Waals surface area contributed by atoms with Crippen molar-refractivity contribution >= 4 is 17.9 Å². The third kappa shape index (κ3) is 43.4. The van der Waals surface area contributed by atoms with Crippen molar-refractivity contribution in [3.63, 3.8) is 0 Å². The minimum atomic E-state index is -0.758. The maximum Gasteiger partial charge on any atom is 0.306 e. The molecular weight excluding hydrogens is 685 g/mol. The first-order valence-corrected chi connectivity index (χ1v) is 24.5. The minimum absolute atomic E-state index is 0.0623. The Kier molecular flexibility index (Phi) is 43.8. The number of esters is 3. The standard InChI is InChI=1S/C49H94O6/c1-4-7-10-13-16-19-22-24-26-28-31-33-36-39-42-48(51)54-45-46(55-49(52)43-40-37-34-29-21-18-15-12-9-6-3)44-53-47(50)41-38-35-32-30-27-25-23-20-17-14-11-8-5-2/h46H,4-45H2,1-3H3/t46-/m1/s1. The molecule has 0 aliphatic heterocycles. The van der Waals surface area contributed by atoms with E-state index in [1.165, 1.54) is 180 Å². The van der Waals surface area contributed by atoms with Crippen LogP contribution in [-0.2, 0) is 28.6 Å². The largest absolute Gasteiger partial charge is 0.462 e. The maximum atomic E-state index is 12.7.